The van der Waals surface area contributed by atoms with E-state index >= 15 is 0 Å². The van der Waals surface area contributed by atoms with Crippen molar-refractivity contribution >= 4 is 31.6 Å². The molecule has 1 unspecified atom stereocenters. The number of para-hydroxylation sites is 1. The van der Waals surface area contributed by atoms with Gasteiger partial charge in [-0.3, -0.25) is 0 Å². The van der Waals surface area contributed by atoms with Crippen LogP contribution in [0.2, 0.25) is 0 Å². The Morgan fingerprint density at radius 2 is 1.78 bits per heavy atom. The first kappa shape index (κ1) is 28.5. The van der Waals surface area contributed by atoms with Gasteiger partial charge in [-0.25, -0.2) is 12.7 Å². The van der Waals surface area contributed by atoms with Crippen LogP contribution in [0.4, 0.5) is 18.9 Å². The molecule has 0 amide bonds. The van der Waals surface area contributed by atoms with E-state index in [0.29, 0.717) is 11.5 Å². The number of anilines is 1. The molecule has 204 valence electrons. The van der Waals surface area contributed by atoms with E-state index in [4.69, 9.17) is 4.42 Å². The minimum absolute atomic E-state index is 0.284. The van der Waals surface area contributed by atoms with Gasteiger partial charge < -0.3 is 20.2 Å². The number of rotatable bonds is 7. The fourth-order valence-corrected chi connectivity index (χ4v) is 5.75. The Kier molecular flexibility index (Phi) is 7.47. The van der Waals surface area contributed by atoms with Crippen LogP contribution in [0.1, 0.15) is 37.0 Å². The van der Waals surface area contributed by atoms with Gasteiger partial charge in [0.1, 0.15) is 22.1 Å². The van der Waals surface area contributed by atoms with E-state index in [0.717, 1.165) is 22.0 Å². The van der Waals surface area contributed by atoms with Crippen molar-refractivity contribution in [3.63, 3.8) is 0 Å². The molecule has 1 aromatic heterocycles. The minimum Gasteiger partial charge on any atom is -0.504 e. The van der Waals surface area contributed by atoms with Crippen molar-refractivity contribution in [3.05, 3.63) is 52.0 Å². The summed E-state index contributed by atoms with van der Waals surface area (Å²) in [6.45, 7) is 6.99. The molecule has 0 fully saturated rings. The lowest BCUT2D eigenvalue weighted by molar-refractivity contribution is -0.0847. The number of allylic oxidation sites excluding steroid dienone is 1. The molecule has 1 atom stereocenters. The summed E-state index contributed by atoms with van der Waals surface area (Å²) in [6, 6.07) is 4.25. The zero-order valence-electron chi connectivity index (χ0n) is 20.8. The van der Waals surface area contributed by atoms with Crippen molar-refractivity contribution in [1.82, 2.24) is 9.62 Å². The van der Waals surface area contributed by atoms with Gasteiger partial charge in [0.15, 0.2) is 16.5 Å². The van der Waals surface area contributed by atoms with Gasteiger partial charge in [-0.2, -0.15) is 21.6 Å². The molecule has 3 rings (SSSR count). The highest BCUT2D eigenvalue weighted by molar-refractivity contribution is 7.94. The van der Waals surface area contributed by atoms with Gasteiger partial charge >= 0.3 is 6.18 Å². The predicted molar refractivity (Wildman–Crippen MR) is 131 cm³/mol. The maximum atomic E-state index is 14.0. The number of phenols is 1. The van der Waals surface area contributed by atoms with Crippen LogP contribution in [0.25, 0.3) is 0 Å². The van der Waals surface area contributed by atoms with Crippen LogP contribution in [0.3, 0.4) is 0 Å². The van der Waals surface area contributed by atoms with Gasteiger partial charge in [-0.15, -0.1) is 4.40 Å². The topological polar surface area (TPSA) is 141 Å². The van der Waals surface area contributed by atoms with Crippen LogP contribution in [0.15, 0.2) is 48.6 Å². The third-order valence-corrected chi connectivity index (χ3v) is 8.88. The second-order valence-electron chi connectivity index (χ2n) is 8.94. The molecule has 10 nitrogen and oxygen atoms in total. The normalized spacial score (nSPS) is 16.9. The SMILES string of the molecule is Cc1cc(C(NC2=NS(=O)(=O)C(C(F)(F)F)=C2Nc2cccc(S(=O)(=O)N(C)C)c2O)C(C)C)oc1C. The fraction of sp³-hybridized carbons (Fsp3) is 0.409. The third-order valence-electron chi connectivity index (χ3n) is 5.66. The van der Waals surface area contributed by atoms with Gasteiger partial charge in [0.25, 0.3) is 10.0 Å². The summed E-state index contributed by atoms with van der Waals surface area (Å²) in [5.74, 6) is -0.915. The van der Waals surface area contributed by atoms with Gasteiger partial charge in [-0.05, 0) is 43.5 Å². The van der Waals surface area contributed by atoms with Crippen molar-refractivity contribution in [3.8, 4) is 5.75 Å². The highest BCUT2D eigenvalue weighted by Gasteiger charge is 2.50. The van der Waals surface area contributed by atoms with Crippen LogP contribution >= 0.6 is 0 Å². The molecule has 3 N–H and O–H groups in total. The van der Waals surface area contributed by atoms with Crippen LogP contribution < -0.4 is 10.6 Å². The minimum atomic E-state index is -5.36. The van der Waals surface area contributed by atoms with Crippen LogP contribution in [-0.4, -0.2) is 52.4 Å². The number of aryl methyl sites for hydroxylation is 2. The summed E-state index contributed by atoms with van der Waals surface area (Å²) in [7, 11) is -6.97. The lowest BCUT2D eigenvalue weighted by Gasteiger charge is -2.23. The van der Waals surface area contributed by atoms with Crippen molar-refractivity contribution in [2.24, 2.45) is 10.3 Å². The van der Waals surface area contributed by atoms with Gasteiger partial charge in [0, 0.05) is 14.1 Å². The third kappa shape index (κ3) is 5.48. The lowest BCUT2D eigenvalue weighted by atomic mass is 10.0. The molecule has 0 aliphatic carbocycles. The van der Waals surface area contributed by atoms with Crippen molar-refractivity contribution in [1.29, 1.82) is 0 Å². The molecule has 0 bridgehead atoms. The first-order valence-electron chi connectivity index (χ1n) is 10.9. The van der Waals surface area contributed by atoms with Crippen LogP contribution in [0, 0.1) is 19.8 Å². The molecule has 1 aliphatic rings. The molecular weight excluding hydrogens is 537 g/mol. The number of phenolic OH excluding ortho intramolecular Hbond substituents is 1. The summed E-state index contributed by atoms with van der Waals surface area (Å²) in [5, 5.41) is 15.6. The van der Waals surface area contributed by atoms with Crippen LogP contribution in [0.5, 0.6) is 5.75 Å². The average molecular weight is 565 g/mol. The number of hydrogen-bond donors (Lipinski definition) is 3. The first-order chi connectivity index (χ1) is 16.9. The summed E-state index contributed by atoms with van der Waals surface area (Å²) >= 11 is 0. The van der Waals surface area contributed by atoms with Crippen LogP contribution in [-0.2, 0) is 20.0 Å². The van der Waals surface area contributed by atoms with E-state index in [9.17, 15) is 35.1 Å². The molecule has 0 saturated heterocycles. The number of benzene rings is 1. The number of nitrogens with one attached hydrogen (secondary N) is 2. The molecule has 37 heavy (non-hydrogen) atoms. The molecule has 1 aromatic carbocycles. The number of amidine groups is 1. The molecule has 0 spiro atoms. The molecule has 2 aromatic rings. The monoisotopic (exact) mass is 564 g/mol. The summed E-state index contributed by atoms with van der Waals surface area (Å²) in [4.78, 5) is -2.58. The molecular formula is C22H27F3N4O6S2. The Labute approximate surface area is 213 Å². The highest BCUT2D eigenvalue weighted by Crippen LogP contribution is 2.41. The molecule has 0 radical (unpaired) electrons. The number of sulfonamides is 2. The maximum absolute atomic E-state index is 14.0. The van der Waals surface area contributed by atoms with E-state index < -0.39 is 65.0 Å². The quantitative estimate of drug-likeness (QED) is 0.432. The average Bonchev–Trinajstić information content (AvgIpc) is 3.21. The first-order valence-corrected chi connectivity index (χ1v) is 13.8. The Bertz CT molecular complexity index is 1470. The molecule has 2 heterocycles. The van der Waals surface area contributed by atoms with Gasteiger partial charge in [0.05, 0.1) is 11.7 Å². The molecule has 1 aliphatic heterocycles. The summed E-state index contributed by atoms with van der Waals surface area (Å²) < 4.78 is 102. The number of halogens is 3. The van der Waals surface area contributed by atoms with E-state index in [-0.39, 0.29) is 5.92 Å². The number of nitrogens with zero attached hydrogens (tertiary/aromatic N) is 2. The maximum Gasteiger partial charge on any atom is 0.431 e. The van der Waals surface area contributed by atoms with Gasteiger partial charge in [-0.1, -0.05) is 19.9 Å². The van der Waals surface area contributed by atoms with E-state index in [1.807, 2.05) is 0 Å². The number of alkyl halides is 3. The number of furan rings is 1. The number of hydrogen-bond acceptors (Lipinski definition) is 8. The second-order valence-corrected chi connectivity index (χ2v) is 12.6. The van der Waals surface area contributed by atoms with Crippen molar-refractivity contribution in [2.45, 2.75) is 44.8 Å². The molecule has 15 heteroatoms. The smallest absolute Gasteiger partial charge is 0.431 e. The standard InChI is InChI=1S/C22H27F3N4O6S2/c1-11(2)17(15-10-12(3)13(4)35-15)27-21-18(20(22(23,24)25)36(31,32)28-21)26-14-8-7-9-16(19(14)30)37(33,34)29(5)6/h7-11,17,26,30H,1-6H3,(H,27,28). The zero-order chi connectivity index (χ0) is 28.1. The van der Waals surface area contributed by atoms with E-state index in [1.54, 1.807) is 33.8 Å². The largest absolute Gasteiger partial charge is 0.504 e. The summed E-state index contributed by atoms with van der Waals surface area (Å²) in [5.41, 5.74) is -0.679. The second kappa shape index (κ2) is 9.68. The zero-order valence-corrected chi connectivity index (χ0v) is 22.4. The lowest BCUT2D eigenvalue weighted by Crippen LogP contribution is -2.34. The predicted octanol–water partition coefficient (Wildman–Crippen LogP) is 3.77. The van der Waals surface area contributed by atoms with Crippen molar-refractivity contribution in [2.75, 3.05) is 19.4 Å². The van der Waals surface area contributed by atoms with Gasteiger partial charge in [0.2, 0.25) is 10.0 Å². The summed E-state index contributed by atoms with van der Waals surface area (Å²) in [6.07, 6.45) is -5.36. The van der Waals surface area contributed by atoms with E-state index in [1.165, 1.54) is 20.2 Å². The number of aromatic hydroxyl groups is 1. The highest BCUT2D eigenvalue weighted by atomic mass is 32.2. The Balaban J connectivity index is 2.16. The molecule has 0 saturated carbocycles. The Morgan fingerprint density at radius 3 is 2.27 bits per heavy atom. The van der Waals surface area contributed by atoms with Crippen molar-refractivity contribution < 1.29 is 39.5 Å². The fourth-order valence-electron chi connectivity index (χ4n) is 3.58. The Morgan fingerprint density at radius 1 is 1.16 bits per heavy atom. The Hall–Kier alpha value is -3.04. The van der Waals surface area contributed by atoms with E-state index in [2.05, 4.69) is 15.0 Å².